The lowest BCUT2D eigenvalue weighted by Gasteiger charge is -2.27. The predicted octanol–water partition coefficient (Wildman–Crippen LogP) is 2.07. The van der Waals surface area contributed by atoms with E-state index in [9.17, 15) is 18.0 Å². The van der Waals surface area contributed by atoms with Crippen molar-refractivity contribution in [3.8, 4) is 6.07 Å². The van der Waals surface area contributed by atoms with Crippen LogP contribution in [0, 0.1) is 18.3 Å². The average molecular weight is 458 g/mol. The van der Waals surface area contributed by atoms with Gasteiger partial charge in [0.2, 0.25) is 10.0 Å². The number of hydrogen-bond acceptors (Lipinski definition) is 7. The molecule has 0 spiro atoms. The third-order valence-corrected chi connectivity index (χ3v) is 6.99. The van der Waals surface area contributed by atoms with E-state index in [1.807, 2.05) is 6.07 Å². The monoisotopic (exact) mass is 457 g/mol. The van der Waals surface area contributed by atoms with E-state index >= 15 is 0 Å². The second kappa shape index (κ2) is 9.91. The largest absolute Gasteiger partial charge is 0.449 e. The Hall–Kier alpha value is -3.26. The van der Waals surface area contributed by atoms with Crippen LogP contribution >= 0.6 is 0 Å². The minimum absolute atomic E-state index is 0.0967. The summed E-state index contributed by atoms with van der Waals surface area (Å²) in [7, 11) is -3.74. The molecule has 1 aliphatic heterocycles. The Morgan fingerprint density at radius 3 is 2.44 bits per heavy atom. The number of esters is 1. The molecule has 10 heteroatoms. The van der Waals surface area contributed by atoms with Gasteiger partial charge < -0.3 is 14.8 Å². The fourth-order valence-electron chi connectivity index (χ4n) is 3.09. The van der Waals surface area contributed by atoms with Gasteiger partial charge in [0.15, 0.2) is 6.10 Å². The fraction of sp³-hybridized carbons (Fsp3) is 0.318. The van der Waals surface area contributed by atoms with Crippen LogP contribution < -0.4 is 5.32 Å². The van der Waals surface area contributed by atoms with E-state index in [2.05, 4.69) is 5.32 Å². The number of carbonyl (C=O) groups is 2. The van der Waals surface area contributed by atoms with Gasteiger partial charge in [0.25, 0.3) is 5.91 Å². The highest BCUT2D eigenvalue weighted by Gasteiger charge is 2.28. The van der Waals surface area contributed by atoms with Crippen molar-refractivity contribution in [3.05, 3.63) is 59.2 Å². The summed E-state index contributed by atoms with van der Waals surface area (Å²) in [6.07, 6.45) is -1.13. The first-order valence-corrected chi connectivity index (χ1v) is 11.4. The molecule has 9 nitrogen and oxygen atoms in total. The van der Waals surface area contributed by atoms with E-state index in [1.54, 1.807) is 19.1 Å². The zero-order chi connectivity index (χ0) is 23.3. The number of carbonyl (C=O) groups excluding carboxylic acids is 2. The summed E-state index contributed by atoms with van der Waals surface area (Å²) in [5.74, 6) is -1.32. The molecule has 1 heterocycles. The number of rotatable bonds is 6. The maximum atomic E-state index is 13.0. The number of anilines is 1. The summed E-state index contributed by atoms with van der Waals surface area (Å²) in [6, 6.07) is 12.4. The molecule has 2 aromatic rings. The number of benzene rings is 2. The molecule has 1 N–H and O–H groups in total. The maximum absolute atomic E-state index is 13.0. The van der Waals surface area contributed by atoms with Crippen LogP contribution in [0.15, 0.2) is 47.4 Å². The van der Waals surface area contributed by atoms with Gasteiger partial charge >= 0.3 is 5.97 Å². The SMILES string of the molecule is Cc1ccc(NC(=O)C(C)OC(=O)c2ccc(C#N)cc2)cc1S(=O)(=O)N1CCOCC1. The van der Waals surface area contributed by atoms with Gasteiger partial charge in [-0.05, 0) is 55.8 Å². The van der Waals surface area contributed by atoms with Gasteiger partial charge in [0, 0.05) is 18.8 Å². The molecule has 1 fully saturated rings. The van der Waals surface area contributed by atoms with E-state index in [0.29, 0.717) is 24.3 Å². The van der Waals surface area contributed by atoms with Gasteiger partial charge in [-0.1, -0.05) is 6.07 Å². The fourth-order valence-corrected chi connectivity index (χ4v) is 4.75. The molecule has 1 amide bonds. The molecule has 2 aromatic carbocycles. The van der Waals surface area contributed by atoms with Crippen LogP contribution in [0.1, 0.15) is 28.4 Å². The molecule has 0 saturated carbocycles. The minimum atomic E-state index is -3.74. The summed E-state index contributed by atoms with van der Waals surface area (Å²) in [4.78, 5) is 24.9. The minimum Gasteiger partial charge on any atom is -0.449 e. The van der Waals surface area contributed by atoms with Crippen molar-refractivity contribution in [2.45, 2.75) is 24.8 Å². The highest BCUT2D eigenvalue weighted by molar-refractivity contribution is 7.89. The number of hydrogen-bond donors (Lipinski definition) is 1. The summed E-state index contributed by atoms with van der Waals surface area (Å²) in [5, 5.41) is 11.4. The van der Waals surface area contributed by atoms with Crippen LogP contribution in [0.3, 0.4) is 0 Å². The first-order valence-electron chi connectivity index (χ1n) is 9.93. The Balaban J connectivity index is 1.69. The number of ether oxygens (including phenoxy) is 2. The molecule has 1 atom stereocenters. The topological polar surface area (TPSA) is 126 Å². The lowest BCUT2D eigenvalue weighted by molar-refractivity contribution is -0.123. The normalized spacial score (nSPS) is 15.4. The van der Waals surface area contributed by atoms with Gasteiger partial charge in [-0.25, -0.2) is 13.2 Å². The van der Waals surface area contributed by atoms with E-state index in [1.165, 1.54) is 41.6 Å². The number of aryl methyl sites for hydroxylation is 1. The molecule has 32 heavy (non-hydrogen) atoms. The molecule has 1 unspecified atom stereocenters. The second-order valence-corrected chi connectivity index (χ2v) is 9.13. The van der Waals surface area contributed by atoms with Gasteiger partial charge in [-0.2, -0.15) is 9.57 Å². The third-order valence-electron chi connectivity index (χ3n) is 4.95. The molecular formula is C22H23N3O6S. The quantitative estimate of drug-likeness (QED) is 0.658. The summed E-state index contributed by atoms with van der Waals surface area (Å²) in [5.41, 5.74) is 1.43. The Labute approximate surface area is 186 Å². The number of sulfonamides is 1. The lowest BCUT2D eigenvalue weighted by atomic mass is 10.1. The number of nitriles is 1. The van der Waals surface area contributed by atoms with Crippen molar-refractivity contribution in [3.63, 3.8) is 0 Å². The van der Waals surface area contributed by atoms with Crippen molar-refractivity contribution in [1.29, 1.82) is 5.26 Å². The molecule has 0 bridgehead atoms. The Morgan fingerprint density at radius 1 is 1.16 bits per heavy atom. The van der Waals surface area contributed by atoms with Crippen LogP contribution in [0.25, 0.3) is 0 Å². The van der Waals surface area contributed by atoms with Gasteiger partial charge in [0.1, 0.15) is 0 Å². The van der Waals surface area contributed by atoms with Crippen molar-refractivity contribution >= 4 is 27.6 Å². The molecule has 1 aliphatic rings. The van der Waals surface area contributed by atoms with Crippen LogP contribution in [-0.2, 0) is 24.3 Å². The van der Waals surface area contributed by atoms with Crippen LogP contribution in [0.5, 0.6) is 0 Å². The van der Waals surface area contributed by atoms with Gasteiger partial charge in [0.05, 0.1) is 35.3 Å². The van der Waals surface area contributed by atoms with E-state index in [-0.39, 0.29) is 29.2 Å². The molecule has 168 valence electrons. The van der Waals surface area contributed by atoms with Crippen LogP contribution in [0.4, 0.5) is 5.69 Å². The zero-order valence-corrected chi connectivity index (χ0v) is 18.5. The molecular weight excluding hydrogens is 434 g/mol. The van der Waals surface area contributed by atoms with Gasteiger partial charge in [-0.3, -0.25) is 4.79 Å². The average Bonchev–Trinajstić information content (AvgIpc) is 2.80. The summed E-state index contributed by atoms with van der Waals surface area (Å²) < 4.78 is 37.8. The van der Waals surface area contributed by atoms with E-state index in [0.717, 1.165) is 0 Å². The Kier molecular flexibility index (Phi) is 7.25. The predicted molar refractivity (Wildman–Crippen MR) is 115 cm³/mol. The molecule has 0 aliphatic carbocycles. The van der Waals surface area contributed by atoms with Crippen LogP contribution in [-0.4, -0.2) is 57.0 Å². The number of amides is 1. The molecule has 1 saturated heterocycles. The Morgan fingerprint density at radius 2 is 1.81 bits per heavy atom. The maximum Gasteiger partial charge on any atom is 0.338 e. The lowest BCUT2D eigenvalue weighted by Crippen LogP contribution is -2.40. The van der Waals surface area contributed by atoms with E-state index < -0.39 is 28.0 Å². The van der Waals surface area contributed by atoms with Crippen molar-refractivity contribution in [2.75, 3.05) is 31.6 Å². The number of nitrogens with zero attached hydrogens (tertiary/aromatic N) is 2. The van der Waals surface area contributed by atoms with Crippen molar-refractivity contribution < 1.29 is 27.5 Å². The first kappa shape index (κ1) is 23.4. The number of morpholine rings is 1. The van der Waals surface area contributed by atoms with Crippen LogP contribution in [0.2, 0.25) is 0 Å². The zero-order valence-electron chi connectivity index (χ0n) is 17.7. The highest BCUT2D eigenvalue weighted by atomic mass is 32.2. The standard InChI is InChI=1S/C22H23N3O6S/c1-15-3-8-19(13-20(15)32(28,29)25-9-11-30-12-10-25)24-21(26)16(2)31-22(27)18-6-4-17(14-23)5-7-18/h3-8,13,16H,9-12H2,1-2H3,(H,24,26). The second-order valence-electron chi connectivity index (χ2n) is 7.22. The van der Waals surface area contributed by atoms with Crippen molar-refractivity contribution in [2.24, 2.45) is 0 Å². The number of nitrogens with one attached hydrogen (secondary N) is 1. The summed E-state index contributed by atoms with van der Waals surface area (Å²) in [6.45, 7) is 4.28. The first-order chi connectivity index (χ1) is 15.2. The molecule has 3 rings (SSSR count). The molecule has 0 aromatic heterocycles. The smallest absolute Gasteiger partial charge is 0.338 e. The molecule has 0 radical (unpaired) electrons. The highest BCUT2D eigenvalue weighted by Crippen LogP contribution is 2.24. The van der Waals surface area contributed by atoms with E-state index in [4.69, 9.17) is 14.7 Å². The Bertz CT molecular complexity index is 1150. The van der Waals surface area contributed by atoms with Gasteiger partial charge in [-0.15, -0.1) is 0 Å². The van der Waals surface area contributed by atoms with Crippen molar-refractivity contribution in [1.82, 2.24) is 4.31 Å². The third kappa shape index (κ3) is 5.31. The summed E-state index contributed by atoms with van der Waals surface area (Å²) >= 11 is 0.